The molecule has 2 aromatic rings. The van der Waals surface area contributed by atoms with Gasteiger partial charge in [-0.1, -0.05) is 0 Å². The third-order valence-corrected chi connectivity index (χ3v) is 8.84. The fourth-order valence-electron chi connectivity index (χ4n) is 5.15. The van der Waals surface area contributed by atoms with Gasteiger partial charge in [0.25, 0.3) is 5.91 Å². The summed E-state index contributed by atoms with van der Waals surface area (Å²) in [5.74, 6) is 0.402. The molecule has 1 aromatic heterocycles. The molecule has 0 unspecified atom stereocenters. The predicted octanol–water partition coefficient (Wildman–Crippen LogP) is 4.08. The molecule has 0 N–H and O–H groups in total. The number of fused-ring (bicyclic) bond motifs is 1. The van der Waals surface area contributed by atoms with E-state index in [4.69, 9.17) is 4.74 Å². The molecular weight excluding hydrogens is 509 g/mol. The Morgan fingerprint density at radius 2 is 1.57 bits per heavy atom. The topological polar surface area (TPSA) is 75.1 Å². The number of sulfonamides is 1. The number of amides is 1. The van der Waals surface area contributed by atoms with E-state index in [9.17, 15) is 26.4 Å². The zero-order chi connectivity index (χ0) is 27.1. The molecule has 0 saturated carbocycles. The Hall–Kier alpha value is -2.31. The number of aromatic nitrogens is 1. The van der Waals surface area contributed by atoms with Crippen LogP contribution in [0.1, 0.15) is 57.1 Å². The Bertz CT molecular complexity index is 1230. The molecule has 2 saturated heterocycles. The fraction of sp³-hybridized carbons (Fsp3) is 0.640. The number of benzene rings is 1. The maximum Gasteiger partial charge on any atom is 0.511 e. The van der Waals surface area contributed by atoms with Crippen LogP contribution in [0.4, 0.5) is 13.2 Å². The molecule has 206 valence electrons. The molecule has 3 heterocycles. The van der Waals surface area contributed by atoms with Gasteiger partial charge >= 0.3 is 15.5 Å². The molecule has 0 spiro atoms. The van der Waals surface area contributed by atoms with E-state index in [1.54, 1.807) is 6.07 Å². The van der Waals surface area contributed by atoms with Crippen molar-refractivity contribution in [3.05, 3.63) is 30.0 Å². The second-order valence-electron chi connectivity index (χ2n) is 10.3. The molecule has 2 aliphatic rings. The van der Waals surface area contributed by atoms with Gasteiger partial charge in [-0.15, -0.1) is 0 Å². The summed E-state index contributed by atoms with van der Waals surface area (Å²) in [5.41, 5.74) is -4.08. The minimum atomic E-state index is -5.41. The number of rotatable bonds is 6. The van der Waals surface area contributed by atoms with Crippen molar-refractivity contribution in [1.82, 2.24) is 18.7 Å². The van der Waals surface area contributed by atoms with E-state index in [2.05, 4.69) is 18.7 Å². The van der Waals surface area contributed by atoms with Crippen LogP contribution in [-0.2, 0) is 10.0 Å². The zero-order valence-electron chi connectivity index (χ0n) is 21.7. The van der Waals surface area contributed by atoms with Crippen LogP contribution in [0.15, 0.2) is 24.3 Å². The van der Waals surface area contributed by atoms with Crippen LogP contribution < -0.4 is 4.74 Å². The first-order chi connectivity index (χ1) is 17.3. The maximum absolute atomic E-state index is 13.4. The first-order valence-electron chi connectivity index (χ1n) is 12.7. The minimum Gasteiger partial charge on any atom is -0.490 e. The zero-order valence-corrected chi connectivity index (χ0v) is 22.5. The summed E-state index contributed by atoms with van der Waals surface area (Å²) in [6.45, 7) is 9.25. The Kier molecular flexibility index (Phi) is 7.83. The first-order valence-corrected chi connectivity index (χ1v) is 14.1. The van der Waals surface area contributed by atoms with Crippen molar-refractivity contribution in [2.45, 2.75) is 64.2 Å². The molecule has 37 heavy (non-hydrogen) atoms. The van der Waals surface area contributed by atoms with Crippen molar-refractivity contribution in [2.24, 2.45) is 0 Å². The molecule has 0 aliphatic carbocycles. The molecule has 12 heteroatoms. The number of alkyl halides is 3. The van der Waals surface area contributed by atoms with Gasteiger partial charge in [-0.05, 0) is 64.8 Å². The minimum absolute atomic E-state index is 0.0459. The van der Waals surface area contributed by atoms with Crippen molar-refractivity contribution >= 4 is 26.8 Å². The van der Waals surface area contributed by atoms with Gasteiger partial charge in [-0.2, -0.15) is 17.5 Å². The highest BCUT2D eigenvalue weighted by molar-refractivity contribution is 7.90. The lowest BCUT2D eigenvalue weighted by atomic mass is 10.1. The molecule has 2 fully saturated rings. The van der Waals surface area contributed by atoms with Gasteiger partial charge in [-0.3, -0.25) is 4.79 Å². The van der Waals surface area contributed by atoms with Gasteiger partial charge in [0, 0.05) is 62.3 Å². The highest BCUT2D eigenvalue weighted by Crippen LogP contribution is 2.31. The Morgan fingerprint density at radius 1 is 0.946 bits per heavy atom. The summed E-state index contributed by atoms with van der Waals surface area (Å²) in [4.78, 5) is 17.3. The molecule has 0 bridgehead atoms. The largest absolute Gasteiger partial charge is 0.511 e. The van der Waals surface area contributed by atoms with Gasteiger partial charge in [0.2, 0.25) is 0 Å². The van der Waals surface area contributed by atoms with E-state index < -0.39 is 28.6 Å². The Labute approximate surface area is 216 Å². The number of piperidine rings is 1. The van der Waals surface area contributed by atoms with Crippen molar-refractivity contribution < 1.29 is 31.1 Å². The van der Waals surface area contributed by atoms with Gasteiger partial charge in [-0.25, -0.2) is 8.42 Å². The van der Waals surface area contributed by atoms with Crippen molar-refractivity contribution in [2.75, 3.05) is 39.3 Å². The van der Waals surface area contributed by atoms with Gasteiger partial charge in [0.05, 0.1) is 0 Å². The SMILES string of the molecule is CC(C)N1CCC(Oc2ccc3c(c2)cc(C(=O)N2CCN(S(=O)(=O)C(F)(F)F)CC2)n3C(C)C)CC1. The van der Waals surface area contributed by atoms with Gasteiger partial charge in [0.15, 0.2) is 0 Å². The smallest absolute Gasteiger partial charge is 0.490 e. The molecule has 1 aromatic carbocycles. The average molecular weight is 545 g/mol. The number of piperazine rings is 1. The van der Waals surface area contributed by atoms with Crippen molar-refractivity contribution in [3.8, 4) is 5.75 Å². The number of carbonyl (C=O) groups excluding carboxylic acids is 1. The quantitative estimate of drug-likeness (QED) is 0.548. The molecule has 8 nitrogen and oxygen atoms in total. The molecule has 4 rings (SSSR count). The van der Waals surface area contributed by atoms with Crippen LogP contribution in [-0.4, -0.2) is 89.9 Å². The van der Waals surface area contributed by atoms with Crippen LogP contribution >= 0.6 is 0 Å². The number of nitrogens with zero attached hydrogens (tertiary/aromatic N) is 4. The van der Waals surface area contributed by atoms with E-state index >= 15 is 0 Å². The molecule has 0 atom stereocenters. The predicted molar refractivity (Wildman–Crippen MR) is 135 cm³/mol. The van der Waals surface area contributed by atoms with E-state index in [0.29, 0.717) is 16.0 Å². The Morgan fingerprint density at radius 3 is 2.11 bits per heavy atom. The van der Waals surface area contributed by atoms with E-state index in [-0.39, 0.29) is 31.1 Å². The normalized spacial score (nSPS) is 19.3. The molecular formula is C25H35F3N4O4S. The highest BCUT2D eigenvalue weighted by atomic mass is 32.2. The third kappa shape index (κ3) is 5.61. The van der Waals surface area contributed by atoms with E-state index in [1.165, 1.54) is 4.90 Å². The van der Waals surface area contributed by atoms with Crippen LogP contribution in [0.2, 0.25) is 0 Å². The second kappa shape index (κ2) is 10.5. The van der Waals surface area contributed by atoms with Gasteiger partial charge in [0.1, 0.15) is 17.5 Å². The fourth-order valence-corrected chi connectivity index (χ4v) is 6.09. The third-order valence-electron chi connectivity index (χ3n) is 7.21. The molecule has 1 amide bonds. The molecule has 2 aliphatic heterocycles. The van der Waals surface area contributed by atoms with Crippen LogP contribution in [0, 0.1) is 0 Å². The maximum atomic E-state index is 13.4. The van der Waals surface area contributed by atoms with Gasteiger partial charge < -0.3 is 19.1 Å². The summed E-state index contributed by atoms with van der Waals surface area (Å²) < 4.78 is 70.7. The van der Waals surface area contributed by atoms with Crippen LogP contribution in [0.3, 0.4) is 0 Å². The van der Waals surface area contributed by atoms with Crippen molar-refractivity contribution in [3.63, 3.8) is 0 Å². The lowest BCUT2D eigenvalue weighted by Gasteiger charge is -2.34. The van der Waals surface area contributed by atoms with Crippen molar-refractivity contribution in [1.29, 1.82) is 0 Å². The lowest BCUT2D eigenvalue weighted by Crippen LogP contribution is -2.53. The summed E-state index contributed by atoms with van der Waals surface area (Å²) in [7, 11) is -5.41. The average Bonchev–Trinajstić information content (AvgIpc) is 3.22. The number of carbonyl (C=O) groups is 1. The highest BCUT2D eigenvalue weighted by Gasteiger charge is 2.50. The summed E-state index contributed by atoms with van der Waals surface area (Å²) in [5, 5.41) is 0.840. The van der Waals surface area contributed by atoms with E-state index in [0.717, 1.165) is 42.6 Å². The number of likely N-dealkylation sites (tertiary alicyclic amines) is 1. The second-order valence-corrected chi connectivity index (χ2v) is 12.2. The molecule has 0 radical (unpaired) electrons. The first kappa shape index (κ1) is 27.7. The van der Waals surface area contributed by atoms with Crippen LogP contribution in [0.5, 0.6) is 5.75 Å². The number of halogens is 3. The Balaban J connectivity index is 1.50. The number of hydrogen-bond acceptors (Lipinski definition) is 5. The number of ether oxygens (including phenoxy) is 1. The lowest BCUT2D eigenvalue weighted by molar-refractivity contribution is -0.0497. The standard InChI is InChI=1S/C25H35F3N4O4S/c1-17(2)29-9-7-20(8-10-29)36-21-5-6-22-19(15-21)16-23(32(22)18(3)4)24(33)30-11-13-31(14-12-30)37(34,35)25(26,27)28/h5-6,15-18,20H,7-14H2,1-4H3. The summed E-state index contributed by atoms with van der Waals surface area (Å²) in [6.07, 6.45) is 2.02. The summed E-state index contributed by atoms with van der Waals surface area (Å²) in [6, 6.07) is 8.01. The van der Waals surface area contributed by atoms with E-state index in [1.807, 2.05) is 36.6 Å². The number of hydrogen-bond donors (Lipinski definition) is 0. The monoisotopic (exact) mass is 544 g/mol. The summed E-state index contributed by atoms with van der Waals surface area (Å²) >= 11 is 0. The van der Waals surface area contributed by atoms with Crippen LogP contribution in [0.25, 0.3) is 10.9 Å².